The van der Waals surface area contributed by atoms with Gasteiger partial charge in [-0.05, 0) is 46.5 Å². The van der Waals surface area contributed by atoms with E-state index in [-0.39, 0.29) is 12.1 Å². The first-order valence-corrected chi connectivity index (χ1v) is 6.46. The molecule has 0 bridgehead atoms. The highest BCUT2D eigenvalue weighted by atomic mass is 16.6. The first-order valence-electron chi connectivity index (χ1n) is 6.46. The van der Waals surface area contributed by atoms with Crippen molar-refractivity contribution in [3.05, 3.63) is 12.7 Å². The Bertz CT molecular complexity index is 319. The van der Waals surface area contributed by atoms with Gasteiger partial charge in [0.25, 0.3) is 0 Å². The highest BCUT2D eigenvalue weighted by Crippen LogP contribution is 2.26. The SMILES string of the molecule is C=CCC1CCC[C@H](C=O)N1C(=O)OC(C)(C)C. The third kappa shape index (κ3) is 3.86. The fraction of sp³-hybridized carbons (Fsp3) is 0.714. The Hall–Kier alpha value is -1.32. The number of rotatable bonds is 3. The maximum atomic E-state index is 12.2. The number of hydrogen-bond donors (Lipinski definition) is 0. The third-order valence-corrected chi connectivity index (χ3v) is 2.99. The molecule has 1 aliphatic heterocycles. The van der Waals surface area contributed by atoms with Crippen molar-refractivity contribution in [2.24, 2.45) is 0 Å². The molecule has 0 aromatic rings. The summed E-state index contributed by atoms with van der Waals surface area (Å²) in [4.78, 5) is 24.9. The van der Waals surface area contributed by atoms with Gasteiger partial charge in [0.2, 0.25) is 0 Å². The Morgan fingerprint density at radius 1 is 1.44 bits per heavy atom. The molecule has 4 nitrogen and oxygen atoms in total. The molecule has 18 heavy (non-hydrogen) atoms. The number of amides is 1. The quantitative estimate of drug-likeness (QED) is 0.574. The van der Waals surface area contributed by atoms with Crippen LogP contribution in [0.3, 0.4) is 0 Å². The van der Waals surface area contributed by atoms with Crippen molar-refractivity contribution < 1.29 is 14.3 Å². The van der Waals surface area contributed by atoms with Gasteiger partial charge in [0.1, 0.15) is 11.9 Å². The van der Waals surface area contributed by atoms with Gasteiger partial charge < -0.3 is 9.53 Å². The molecule has 1 saturated heterocycles. The minimum absolute atomic E-state index is 0.0290. The maximum absolute atomic E-state index is 12.2. The fourth-order valence-corrected chi connectivity index (χ4v) is 2.27. The monoisotopic (exact) mass is 253 g/mol. The molecule has 0 N–H and O–H groups in total. The molecule has 0 aliphatic carbocycles. The fourth-order valence-electron chi connectivity index (χ4n) is 2.27. The number of piperidine rings is 1. The second kappa shape index (κ2) is 6.03. The van der Waals surface area contributed by atoms with Crippen LogP contribution in [0.5, 0.6) is 0 Å². The molecule has 0 aromatic heterocycles. The van der Waals surface area contributed by atoms with E-state index in [9.17, 15) is 9.59 Å². The summed E-state index contributed by atoms with van der Waals surface area (Å²) in [6.45, 7) is 9.19. The van der Waals surface area contributed by atoms with Crippen LogP contribution in [0, 0.1) is 0 Å². The molecule has 0 aromatic carbocycles. The lowest BCUT2D eigenvalue weighted by Crippen LogP contribution is -2.52. The molecule has 1 amide bonds. The number of nitrogens with zero attached hydrogens (tertiary/aromatic N) is 1. The summed E-state index contributed by atoms with van der Waals surface area (Å²) in [7, 11) is 0. The molecule has 1 heterocycles. The zero-order valence-electron chi connectivity index (χ0n) is 11.5. The standard InChI is InChI=1S/C14H23NO3/c1-5-7-11-8-6-9-12(10-16)15(11)13(17)18-14(2,3)4/h5,10-12H,1,6-9H2,2-4H3/t11?,12-/m1/s1. The van der Waals surface area contributed by atoms with Gasteiger partial charge in [0, 0.05) is 6.04 Å². The van der Waals surface area contributed by atoms with Crippen molar-refractivity contribution in [1.29, 1.82) is 0 Å². The molecule has 1 rings (SSSR count). The van der Waals surface area contributed by atoms with Crippen molar-refractivity contribution in [2.75, 3.05) is 0 Å². The van der Waals surface area contributed by atoms with Crippen molar-refractivity contribution >= 4 is 12.4 Å². The first-order chi connectivity index (χ1) is 8.39. The van der Waals surface area contributed by atoms with E-state index in [0.717, 1.165) is 25.5 Å². The summed E-state index contributed by atoms with van der Waals surface area (Å²) >= 11 is 0. The van der Waals surface area contributed by atoms with Crippen LogP contribution in [-0.4, -0.2) is 35.0 Å². The van der Waals surface area contributed by atoms with Crippen LogP contribution in [0.15, 0.2) is 12.7 Å². The summed E-state index contributed by atoms with van der Waals surface area (Å²) in [5.74, 6) is 0. The normalized spacial score (nSPS) is 24.5. The maximum Gasteiger partial charge on any atom is 0.411 e. The van der Waals surface area contributed by atoms with E-state index in [0.29, 0.717) is 6.42 Å². The second-order valence-electron chi connectivity index (χ2n) is 5.70. The average molecular weight is 253 g/mol. The van der Waals surface area contributed by atoms with Crippen LogP contribution in [0.25, 0.3) is 0 Å². The number of aldehydes is 1. The molecular weight excluding hydrogens is 230 g/mol. The lowest BCUT2D eigenvalue weighted by Gasteiger charge is -2.40. The van der Waals surface area contributed by atoms with Crippen molar-refractivity contribution in [3.8, 4) is 0 Å². The zero-order chi connectivity index (χ0) is 13.8. The number of likely N-dealkylation sites (tertiary alicyclic amines) is 1. The van der Waals surface area contributed by atoms with Crippen LogP contribution in [0.4, 0.5) is 4.79 Å². The lowest BCUT2D eigenvalue weighted by molar-refractivity contribution is -0.114. The Morgan fingerprint density at radius 2 is 2.11 bits per heavy atom. The molecular formula is C14H23NO3. The van der Waals surface area contributed by atoms with Crippen LogP contribution in [0.1, 0.15) is 46.5 Å². The van der Waals surface area contributed by atoms with Gasteiger partial charge in [-0.1, -0.05) is 6.08 Å². The Kier molecular flexibility index (Phi) is 4.93. The van der Waals surface area contributed by atoms with Crippen LogP contribution >= 0.6 is 0 Å². The van der Waals surface area contributed by atoms with Gasteiger partial charge in [-0.3, -0.25) is 4.90 Å². The molecule has 0 saturated carbocycles. The Labute approximate surface area is 109 Å². The van der Waals surface area contributed by atoms with E-state index in [1.807, 2.05) is 20.8 Å². The number of carbonyl (C=O) groups is 2. The average Bonchev–Trinajstić information content (AvgIpc) is 2.26. The van der Waals surface area contributed by atoms with Gasteiger partial charge in [0.15, 0.2) is 0 Å². The smallest absolute Gasteiger partial charge is 0.411 e. The number of ether oxygens (including phenoxy) is 1. The summed E-state index contributed by atoms with van der Waals surface area (Å²) in [6, 6.07) is -0.333. The van der Waals surface area contributed by atoms with E-state index in [1.165, 1.54) is 0 Å². The minimum atomic E-state index is -0.541. The van der Waals surface area contributed by atoms with Crippen molar-refractivity contribution in [2.45, 2.75) is 64.1 Å². The minimum Gasteiger partial charge on any atom is -0.444 e. The topological polar surface area (TPSA) is 46.6 Å². The van der Waals surface area contributed by atoms with Crippen molar-refractivity contribution in [3.63, 3.8) is 0 Å². The third-order valence-electron chi connectivity index (χ3n) is 2.99. The van der Waals surface area contributed by atoms with Gasteiger partial charge in [-0.2, -0.15) is 0 Å². The summed E-state index contributed by atoms with van der Waals surface area (Å²) in [5.41, 5.74) is -0.541. The molecule has 1 fully saturated rings. The summed E-state index contributed by atoms with van der Waals surface area (Å²) in [6.07, 6.45) is 5.51. The van der Waals surface area contributed by atoms with E-state index >= 15 is 0 Å². The predicted molar refractivity (Wildman–Crippen MR) is 70.4 cm³/mol. The summed E-state index contributed by atoms with van der Waals surface area (Å²) in [5, 5.41) is 0. The number of carbonyl (C=O) groups excluding carboxylic acids is 2. The highest BCUT2D eigenvalue weighted by molar-refractivity contribution is 5.74. The summed E-state index contributed by atoms with van der Waals surface area (Å²) < 4.78 is 5.38. The molecule has 0 spiro atoms. The molecule has 4 heteroatoms. The van der Waals surface area contributed by atoms with Gasteiger partial charge in [0.05, 0.1) is 6.04 Å². The van der Waals surface area contributed by atoms with E-state index in [4.69, 9.17) is 4.74 Å². The zero-order valence-corrected chi connectivity index (χ0v) is 11.5. The van der Waals surface area contributed by atoms with Crippen LogP contribution in [0.2, 0.25) is 0 Å². The predicted octanol–water partition coefficient (Wildman–Crippen LogP) is 2.92. The first kappa shape index (κ1) is 14.7. The van der Waals surface area contributed by atoms with Crippen molar-refractivity contribution in [1.82, 2.24) is 4.90 Å². The highest BCUT2D eigenvalue weighted by Gasteiger charge is 2.35. The molecule has 1 aliphatic rings. The second-order valence-corrected chi connectivity index (χ2v) is 5.70. The van der Waals surface area contributed by atoms with E-state index < -0.39 is 11.7 Å². The van der Waals surface area contributed by atoms with E-state index in [2.05, 4.69) is 6.58 Å². The molecule has 0 radical (unpaired) electrons. The van der Waals surface area contributed by atoms with Gasteiger partial charge >= 0.3 is 6.09 Å². The Morgan fingerprint density at radius 3 is 2.61 bits per heavy atom. The van der Waals surface area contributed by atoms with Gasteiger partial charge in [-0.25, -0.2) is 4.79 Å². The van der Waals surface area contributed by atoms with Gasteiger partial charge in [-0.15, -0.1) is 6.58 Å². The molecule has 102 valence electrons. The van der Waals surface area contributed by atoms with Crippen LogP contribution < -0.4 is 0 Å². The largest absolute Gasteiger partial charge is 0.444 e. The lowest BCUT2D eigenvalue weighted by atomic mass is 9.94. The van der Waals surface area contributed by atoms with E-state index in [1.54, 1.807) is 11.0 Å². The molecule has 2 atom stereocenters. The number of hydrogen-bond acceptors (Lipinski definition) is 3. The Balaban J connectivity index is 2.84. The molecule has 1 unspecified atom stereocenters. The van der Waals surface area contributed by atoms with Crippen LogP contribution in [-0.2, 0) is 9.53 Å².